The lowest BCUT2D eigenvalue weighted by Crippen LogP contribution is -1.99. The number of methoxy groups -OCH3 is 1. The van der Waals surface area contributed by atoms with Crippen LogP contribution in [0.2, 0.25) is 0 Å². The number of hydrogen-bond donors (Lipinski definition) is 1. The van der Waals surface area contributed by atoms with Crippen LogP contribution in [0.4, 0.5) is 0 Å². The molecule has 4 nitrogen and oxygen atoms in total. The molecule has 0 aliphatic carbocycles. The van der Waals surface area contributed by atoms with Gasteiger partial charge < -0.3 is 14.4 Å². The van der Waals surface area contributed by atoms with Crippen LogP contribution in [0.1, 0.15) is 5.69 Å². The van der Waals surface area contributed by atoms with Crippen molar-refractivity contribution >= 4 is 11.8 Å². The standard InChI is InChI=1S/C8H14N2O2S/c1-10-7(6-11)5-9-8(10)13-4-3-12-2/h5,11H,3-4,6H2,1-2H3. The lowest BCUT2D eigenvalue weighted by atomic mass is 10.5. The fourth-order valence-corrected chi connectivity index (χ4v) is 1.79. The van der Waals surface area contributed by atoms with E-state index in [4.69, 9.17) is 9.84 Å². The third kappa shape index (κ3) is 2.72. The number of aliphatic hydroxyl groups excluding tert-OH is 1. The Morgan fingerprint density at radius 2 is 2.46 bits per heavy atom. The molecule has 1 N–H and O–H groups in total. The number of imidazole rings is 1. The molecule has 1 aromatic rings. The number of aromatic nitrogens is 2. The Labute approximate surface area is 81.9 Å². The van der Waals surface area contributed by atoms with E-state index in [-0.39, 0.29) is 6.61 Å². The highest BCUT2D eigenvalue weighted by Gasteiger charge is 2.04. The second-order valence-electron chi connectivity index (χ2n) is 2.59. The minimum absolute atomic E-state index is 0.0360. The van der Waals surface area contributed by atoms with Gasteiger partial charge in [0.2, 0.25) is 0 Å². The maximum atomic E-state index is 8.91. The van der Waals surface area contributed by atoms with Crippen LogP contribution in [0.5, 0.6) is 0 Å². The highest BCUT2D eigenvalue weighted by molar-refractivity contribution is 7.99. The third-order valence-electron chi connectivity index (χ3n) is 1.72. The van der Waals surface area contributed by atoms with Gasteiger partial charge in [-0.1, -0.05) is 11.8 Å². The van der Waals surface area contributed by atoms with Crippen LogP contribution in [0.25, 0.3) is 0 Å². The number of aliphatic hydroxyl groups is 1. The van der Waals surface area contributed by atoms with E-state index < -0.39 is 0 Å². The number of nitrogens with zero attached hydrogens (tertiary/aromatic N) is 2. The molecule has 0 spiro atoms. The summed E-state index contributed by atoms with van der Waals surface area (Å²) in [4.78, 5) is 4.17. The van der Waals surface area contributed by atoms with E-state index >= 15 is 0 Å². The largest absolute Gasteiger partial charge is 0.390 e. The Morgan fingerprint density at radius 3 is 3.00 bits per heavy atom. The summed E-state index contributed by atoms with van der Waals surface area (Å²) in [6.45, 7) is 0.750. The van der Waals surface area contributed by atoms with Gasteiger partial charge in [0.1, 0.15) is 0 Å². The fourth-order valence-electron chi connectivity index (χ4n) is 0.923. The van der Waals surface area contributed by atoms with Crippen LogP contribution < -0.4 is 0 Å². The summed E-state index contributed by atoms with van der Waals surface area (Å²) in [7, 11) is 3.58. The Kier molecular flexibility index (Phi) is 4.27. The van der Waals surface area contributed by atoms with E-state index in [1.165, 1.54) is 0 Å². The van der Waals surface area contributed by atoms with Crippen LogP contribution >= 0.6 is 11.8 Å². The SMILES string of the molecule is COCCSc1ncc(CO)n1C. The number of thioether (sulfide) groups is 1. The first kappa shape index (κ1) is 10.6. The van der Waals surface area contributed by atoms with Gasteiger partial charge >= 0.3 is 0 Å². The van der Waals surface area contributed by atoms with Crippen LogP contribution in [0.3, 0.4) is 0 Å². The Morgan fingerprint density at radius 1 is 1.69 bits per heavy atom. The quantitative estimate of drug-likeness (QED) is 0.562. The minimum atomic E-state index is 0.0360. The van der Waals surface area contributed by atoms with Gasteiger partial charge in [0.25, 0.3) is 0 Å². The molecule has 1 rings (SSSR count). The molecule has 0 bridgehead atoms. The minimum Gasteiger partial charge on any atom is -0.390 e. The van der Waals surface area contributed by atoms with Crippen molar-refractivity contribution in [3.63, 3.8) is 0 Å². The first-order valence-corrected chi connectivity index (χ1v) is 5.01. The summed E-state index contributed by atoms with van der Waals surface area (Å²) in [6, 6.07) is 0. The van der Waals surface area contributed by atoms with Crippen LogP contribution in [-0.4, -0.2) is 34.1 Å². The van der Waals surface area contributed by atoms with Gasteiger partial charge in [-0.25, -0.2) is 4.98 Å². The van der Waals surface area contributed by atoms with Gasteiger partial charge in [0, 0.05) is 19.9 Å². The van der Waals surface area contributed by atoms with E-state index in [1.807, 2.05) is 11.6 Å². The average molecular weight is 202 g/mol. The zero-order valence-corrected chi connectivity index (χ0v) is 8.67. The van der Waals surface area contributed by atoms with Crippen molar-refractivity contribution in [2.75, 3.05) is 19.5 Å². The van der Waals surface area contributed by atoms with Gasteiger partial charge in [-0.2, -0.15) is 0 Å². The molecule has 5 heteroatoms. The van der Waals surface area contributed by atoms with Crippen LogP contribution in [0.15, 0.2) is 11.4 Å². The van der Waals surface area contributed by atoms with Gasteiger partial charge in [0.05, 0.1) is 25.1 Å². The number of hydrogen-bond acceptors (Lipinski definition) is 4. The molecule has 1 heterocycles. The highest BCUT2D eigenvalue weighted by Crippen LogP contribution is 2.16. The Bertz CT molecular complexity index is 263. The van der Waals surface area contributed by atoms with Crippen molar-refractivity contribution in [2.24, 2.45) is 7.05 Å². The molecule has 0 aromatic carbocycles. The monoisotopic (exact) mass is 202 g/mol. The second-order valence-corrected chi connectivity index (χ2v) is 3.65. The molecule has 0 atom stereocenters. The molecule has 13 heavy (non-hydrogen) atoms. The molecule has 0 saturated heterocycles. The van der Waals surface area contributed by atoms with E-state index in [1.54, 1.807) is 25.1 Å². The molecule has 0 aliphatic rings. The van der Waals surface area contributed by atoms with E-state index in [2.05, 4.69) is 4.98 Å². The molecule has 0 amide bonds. The first-order chi connectivity index (χ1) is 6.29. The van der Waals surface area contributed by atoms with Gasteiger partial charge in [-0.3, -0.25) is 0 Å². The summed E-state index contributed by atoms with van der Waals surface area (Å²) < 4.78 is 6.82. The molecule has 0 fully saturated rings. The molecule has 0 saturated carbocycles. The summed E-state index contributed by atoms with van der Waals surface area (Å²) >= 11 is 1.62. The van der Waals surface area contributed by atoms with Crippen molar-refractivity contribution in [3.8, 4) is 0 Å². The smallest absolute Gasteiger partial charge is 0.168 e. The summed E-state index contributed by atoms with van der Waals surface area (Å²) in [5.41, 5.74) is 0.833. The van der Waals surface area contributed by atoms with Crippen LogP contribution in [0, 0.1) is 0 Å². The second kappa shape index (κ2) is 5.26. The molecule has 0 radical (unpaired) electrons. The van der Waals surface area contributed by atoms with E-state index in [9.17, 15) is 0 Å². The molecule has 0 unspecified atom stereocenters. The maximum absolute atomic E-state index is 8.91. The lowest BCUT2D eigenvalue weighted by Gasteiger charge is -2.02. The van der Waals surface area contributed by atoms with Crippen molar-refractivity contribution < 1.29 is 9.84 Å². The van der Waals surface area contributed by atoms with Crippen LogP contribution in [-0.2, 0) is 18.4 Å². The predicted octanol–water partition coefficient (Wildman–Crippen LogP) is 0.651. The third-order valence-corrected chi connectivity index (χ3v) is 2.73. The topological polar surface area (TPSA) is 47.3 Å². The first-order valence-electron chi connectivity index (χ1n) is 4.02. The highest BCUT2D eigenvalue weighted by atomic mass is 32.2. The van der Waals surface area contributed by atoms with Crippen molar-refractivity contribution in [3.05, 3.63) is 11.9 Å². The molecular weight excluding hydrogens is 188 g/mol. The van der Waals surface area contributed by atoms with Crippen molar-refractivity contribution in [1.29, 1.82) is 0 Å². The van der Waals surface area contributed by atoms with E-state index in [0.29, 0.717) is 6.61 Å². The number of rotatable bonds is 5. The predicted molar refractivity (Wildman–Crippen MR) is 51.7 cm³/mol. The molecular formula is C8H14N2O2S. The fraction of sp³-hybridized carbons (Fsp3) is 0.625. The zero-order valence-electron chi connectivity index (χ0n) is 7.86. The van der Waals surface area contributed by atoms with E-state index in [0.717, 1.165) is 16.6 Å². The van der Waals surface area contributed by atoms with Gasteiger partial charge in [-0.05, 0) is 0 Å². The lowest BCUT2D eigenvalue weighted by molar-refractivity contribution is 0.218. The van der Waals surface area contributed by atoms with Gasteiger partial charge in [-0.15, -0.1) is 0 Å². The van der Waals surface area contributed by atoms with Crippen molar-refractivity contribution in [1.82, 2.24) is 9.55 Å². The summed E-state index contributed by atoms with van der Waals surface area (Å²) in [5, 5.41) is 9.83. The molecule has 0 aliphatic heterocycles. The Balaban J connectivity index is 2.51. The van der Waals surface area contributed by atoms with Gasteiger partial charge in [0.15, 0.2) is 5.16 Å². The summed E-state index contributed by atoms with van der Waals surface area (Å²) in [5.74, 6) is 0.881. The molecule has 74 valence electrons. The average Bonchev–Trinajstić information content (AvgIpc) is 2.48. The Hall–Kier alpha value is -0.520. The number of ether oxygens (including phenoxy) is 1. The van der Waals surface area contributed by atoms with Crippen molar-refractivity contribution in [2.45, 2.75) is 11.8 Å². The summed E-state index contributed by atoms with van der Waals surface area (Å²) in [6.07, 6.45) is 1.69. The maximum Gasteiger partial charge on any atom is 0.168 e. The normalized spacial score (nSPS) is 10.7. The molecule has 1 aromatic heterocycles. The zero-order chi connectivity index (χ0) is 9.68.